The molecule has 1 unspecified atom stereocenters. The average molecular weight is 254 g/mol. The Balaban J connectivity index is 2.25. The van der Waals surface area contributed by atoms with Gasteiger partial charge in [-0.2, -0.15) is 0 Å². The zero-order valence-corrected chi connectivity index (χ0v) is 13.2. The van der Waals surface area contributed by atoms with E-state index >= 15 is 0 Å². The Morgan fingerprint density at radius 3 is 2.00 bits per heavy atom. The minimum absolute atomic E-state index is 0.0373. The molecule has 1 aliphatic rings. The minimum Gasteiger partial charge on any atom is -0.393 e. The molecule has 0 saturated heterocycles. The maximum Gasteiger partial charge on any atom is 0.0568 e. The molecule has 0 spiro atoms. The first kappa shape index (κ1) is 16.0. The fourth-order valence-corrected chi connectivity index (χ4v) is 3.34. The van der Waals surface area contributed by atoms with Crippen LogP contribution in [0.15, 0.2) is 0 Å². The van der Waals surface area contributed by atoms with Crippen LogP contribution in [-0.2, 0) is 0 Å². The molecular weight excluding hydrogens is 220 g/mol. The highest BCUT2D eigenvalue weighted by atomic mass is 16.3. The van der Waals surface area contributed by atoms with E-state index in [1.807, 2.05) is 0 Å². The fraction of sp³-hybridized carbons (Fsp3) is 1.00. The van der Waals surface area contributed by atoms with Crippen LogP contribution in [0.4, 0.5) is 0 Å². The Morgan fingerprint density at radius 1 is 1.00 bits per heavy atom. The van der Waals surface area contributed by atoms with Crippen molar-refractivity contribution in [3.05, 3.63) is 0 Å². The number of rotatable bonds is 5. The highest BCUT2D eigenvalue weighted by Gasteiger charge is 2.31. The normalized spacial score (nSPS) is 27.5. The lowest BCUT2D eigenvalue weighted by atomic mass is 9.68. The van der Waals surface area contributed by atoms with Crippen LogP contribution in [-0.4, -0.2) is 11.2 Å². The molecular formula is C17H34O. The van der Waals surface area contributed by atoms with Gasteiger partial charge in [0.05, 0.1) is 6.10 Å². The molecule has 1 rings (SSSR count). The third kappa shape index (κ3) is 5.30. The minimum atomic E-state index is -0.0373. The standard InChI is InChI=1S/C17H34O/c1-13(2)7-6-8-16(18)14-9-11-15(12-10-14)17(3,4)5/h13-16,18H,6-12H2,1-5H3. The van der Waals surface area contributed by atoms with E-state index in [0.717, 1.165) is 18.3 Å². The van der Waals surface area contributed by atoms with Gasteiger partial charge in [0.25, 0.3) is 0 Å². The van der Waals surface area contributed by atoms with Crippen molar-refractivity contribution in [2.24, 2.45) is 23.2 Å². The third-order valence-corrected chi connectivity index (χ3v) is 4.82. The Labute approximate surface area is 114 Å². The second kappa shape index (κ2) is 6.93. The molecule has 1 heteroatoms. The van der Waals surface area contributed by atoms with Crippen LogP contribution in [0, 0.1) is 23.2 Å². The van der Waals surface area contributed by atoms with E-state index in [1.165, 1.54) is 38.5 Å². The van der Waals surface area contributed by atoms with Crippen molar-refractivity contribution in [3.63, 3.8) is 0 Å². The summed E-state index contributed by atoms with van der Waals surface area (Å²) >= 11 is 0. The SMILES string of the molecule is CC(C)CCCC(O)C1CCC(C(C)(C)C)CC1. The number of aliphatic hydroxyl groups excluding tert-OH is 1. The van der Waals surface area contributed by atoms with Gasteiger partial charge in [-0.25, -0.2) is 0 Å². The Bertz CT molecular complexity index is 218. The molecule has 0 heterocycles. The molecule has 0 aromatic heterocycles. The average Bonchev–Trinajstić information content (AvgIpc) is 2.27. The summed E-state index contributed by atoms with van der Waals surface area (Å²) in [6.07, 6.45) is 8.54. The Kier molecular flexibility index (Phi) is 6.17. The molecule has 1 N–H and O–H groups in total. The quantitative estimate of drug-likeness (QED) is 0.730. The maximum atomic E-state index is 10.3. The van der Waals surface area contributed by atoms with E-state index < -0.39 is 0 Å². The molecule has 108 valence electrons. The van der Waals surface area contributed by atoms with E-state index in [1.54, 1.807) is 0 Å². The molecule has 1 nitrogen and oxygen atoms in total. The van der Waals surface area contributed by atoms with Crippen LogP contribution in [0.3, 0.4) is 0 Å². The van der Waals surface area contributed by atoms with Crippen molar-refractivity contribution in [1.29, 1.82) is 0 Å². The fourth-order valence-electron chi connectivity index (χ4n) is 3.34. The molecule has 1 saturated carbocycles. The summed E-state index contributed by atoms with van der Waals surface area (Å²) in [6.45, 7) is 11.6. The van der Waals surface area contributed by atoms with E-state index in [-0.39, 0.29) is 6.10 Å². The van der Waals surface area contributed by atoms with E-state index in [0.29, 0.717) is 11.3 Å². The van der Waals surface area contributed by atoms with Crippen LogP contribution < -0.4 is 0 Å². The molecule has 1 aliphatic carbocycles. The van der Waals surface area contributed by atoms with Gasteiger partial charge in [0, 0.05) is 0 Å². The molecule has 0 amide bonds. The van der Waals surface area contributed by atoms with Crippen molar-refractivity contribution >= 4 is 0 Å². The number of hydrogen-bond donors (Lipinski definition) is 1. The van der Waals surface area contributed by atoms with Gasteiger partial charge in [0.15, 0.2) is 0 Å². The monoisotopic (exact) mass is 254 g/mol. The third-order valence-electron chi connectivity index (χ3n) is 4.82. The zero-order valence-electron chi connectivity index (χ0n) is 13.2. The van der Waals surface area contributed by atoms with Crippen LogP contribution in [0.2, 0.25) is 0 Å². The van der Waals surface area contributed by atoms with Crippen molar-refractivity contribution < 1.29 is 5.11 Å². The van der Waals surface area contributed by atoms with Gasteiger partial charge in [0.2, 0.25) is 0 Å². The topological polar surface area (TPSA) is 20.2 Å². The first-order valence-electron chi connectivity index (χ1n) is 7.98. The van der Waals surface area contributed by atoms with Crippen LogP contribution in [0.25, 0.3) is 0 Å². The van der Waals surface area contributed by atoms with Gasteiger partial charge < -0.3 is 5.11 Å². The van der Waals surface area contributed by atoms with Crippen molar-refractivity contribution in [2.45, 2.75) is 85.7 Å². The number of hydrogen-bond acceptors (Lipinski definition) is 1. The largest absolute Gasteiger partial charge is 0.393 e. The van der Waals surface area contributed by atoms with Gasteiger partial charge in [-0.05, 0) is 55.3 Å². The molecule has 0 radical (unpaired) electrons. The summed E-state index contributed by atoms with van der Waals surface area (Å²) in [4.78, 5) is 0. The van der Waals surface area contributed by atoms with Gasteiger partial charge in [-0.3, -0.25) is 0 Å². The molecule has 0 aromatic carbocycles. The Morgan fingerprint density at radius 2 is 1.56 bits per heavy atom. The molecule has 1 atom stereocenters. The van der Waals surface area contributed by atoms with Gasteiger partial charge in [-0.15, -0.1) is 0 Å². The van der Waals surface area contributed by atoms with E-state index in [4.69, 9.17) is 0 Å². The lowest BCUT2D eigenvalue weighted by Crippen LogP contribution is -2.30. The summed E-state index contributed by atoms with van der Waals surface area (Å²) in [7, 11) is 0. The predicted molar refractivity (Wildman–Crippen MR) is 79.6 cm³/mol. The summed E-state index contributed by atoms with van der Waals surface area (Å²) in [6, 6.07) is 0. The summed E-state index contributed by atoms with van der Waals surface area (Å²) < 4.78 is 0. The molecule has 1 fully saturated rings. The first-order valence-corrected chi connectivity index (χ1v) is 7.98. The molecule has 0 aromatic rings. The van der Waals surface area contributed by atoms with Gasteiger partial charge in [-0.1, -0.05) is 47.5 Å². The highest BCUT2D eigenvalue weighted by Crippen LogP contribution is 2.41. The molecule has 0 aliphatic heterocycles. The summed E-state index contributed by atoms with van der Waals surface area (Å²) in [5, 5.41) is 10.3. The number of aliphatic hydroxyl groups is 1. The van der Waals surface area contributed by atoms with Gasteiger partial charge >= 0.3 is 0 Å². The second-order valence-electron chi connectivity index (χ2n) is 7.87. The van der Waals surface area contributed by atoms with Crippen LogP contribution >= 0.6 is 0 Å². The first-order chi connectivity index (χ1) is 8.30. The molecule has 18 heavy (non-hydrogen) atoms. The van der Waals surface area contributed by atoms with Gasteiger partial charge in [0.1, 0.15) is 0 Å². The summed E-state index contributed by atoms with van der Waals surface area (Å²) in [5.41, 5.74) is 0.452. The highest BCUT2D eigenvalue weighted by molar-refractivity contribution is 4.83. The van der Waals surface area contributed by atoms with Crippen molar-refractivity contribution in [3.8, 4) is 0 Å². The lowest BCUT2D eigenvalue weighted by molar-refractivity contribution is 0.0461. The smallest absolute Gasteiger partial charge is 0.0568 e. The lowest BCUT2D eigenvalue weighted by Gasteiger charge is -2.38. The summed E-state index contributed by atoms with van der Waals surface area (Å²) in [5.74, 6) is 2.21. The van der Waals surface area contributed by atoms with E-state index in [2.05, 4.69) is 34.6 Å². The second-order valence-corrected chi connectivity index (χ2v) is 7.87. The van der Waals surface area contributed by atoms with E-state index in [9.17, 15) is 5.11 Å². The predicted octanol–water partition coefficient (Wildman–Crippen LogP) is 5.03. The zero-order chi connectivity index (χ0) is 13.8. The van der Waals surface area contributed by atoms with Crippen LogP contribution in [0.1, 0.15) is 79.6 Å². The Hall–Kier alpha value is -0.0400. The van der Waals surface area contributed by atoms with Crippen LogP contribution in [0.5, 0.6) is 0 Å². The molecule has 0 bridgehead atoms. The maximum absolute atomic E-state index is 10.3. The van der Waals surface area contributed by atoms with Crippen molar-refractivity contribution in [1.82, 2.24) is 0 Å². The van der Waals surface area contributed by atoms with Crippen molar-refractivity contribution in [2.75, 3.05) is 0 Å².